The zero-order chi connectivity index (χ0) is 10.2. The second-order valence-electron chi connectivity index (χ2n) is 5.23. The summed E-state index contributed by atoms with van der Waals surface area (Å²) in [5.41, 5.74) is 8.28. The van der Waals surface area contributed by atoms with Crippen LogP contribution in [0.15, 0.2) is 12.2 Å². The largest absolute Gasteiger partial charge is 0.327 e. The maximum absolute atomic E-state index is 6.43. The topological polar surface area (TPSA) is 26.0 Å². The molecular formula is C13H23N. The molecule has 1 unspecified atom stereocenters. The first-order valence-corrected chi connectivity index (χ1v) is 6.14. The van der Waals surface area contributed by atoms with Crippen molar-refractivity contribution in [3.63, 3.8) is 0 Å². The molecule has 0 aliphatic heterocycles. The van der Waals surface area contributed by atoms with E-state index in [-0.39, 0.29) is 0 Å². The van der Waals surface area contributed by atoms with E-state index in [0.29, 0.717) is 11.5 Å². The Bertz CT molecular complexity index is 227. The van der Waals surface area contributed by atoms with Gasteiger partial charge in [-0.2, -0.15) is 0 Å². The van der Waals surface area contributed by atoms with Crippen LogP contribution in [-0.4, -0.2) is 6.04 Å². The number of nitrogens with two attached hydrogens (primary N) is 1. The maximum Gasteiger partial charge on any atom is 0.0161 e. The molecule has 2 saturated carbocycles. The second-order valence-corrected chi connectivity index (χ2v) is 5.23. The van der Waals surface area contributed by atoms with Crippen molar-refractivity contribution in [3.8, 4) is 0 Å². The van der Waals surface area contributed by atoms with Crippen LogP contribution >= 0.6 is 0 Å². The van der Waals surface area contributed by atoms with E-state index < -0.39 is 0 Å². The van der Waals surface area contributed by atoms with Gasteiger partial charge in [-0.15, -0.1) is 0 Å². The van der Waals surface area contributed by atoms with Crippen LogP contribution in [0.5, 0.6) is 0 Å². The summed E-state index contributed by atoms with van der Waals surface area (Å²) in [6.45, 7) is 6.52. The predicted molar refractivity (Wildman–Crippen MR) is 61.0 cm³/mol. The Kier molecular flexibility index (Phi) is 2.70. The van der Waals surface area contributed by atoms with Crippen LogP contribution in [0.3, 0.4) is 0 Å². The van der Waals surface area contributed by atoms with E-state index >= 15 is 0 Å². The molecule has 2 fully saturated rings. The summed E-state index contributed by atoms with van der Waals surface area (Å²) in [5, 5.41) is 0. The quantitative estimate of drug-likeness (QED) is 0.669. The molecule has 0 saturated heterocycles. The van der Waals surface area contributed by atoms with E-state index in [9.17, 15) is 0 Å². The van der Waals surface area contributed by atoms with Crippen LogP contribution in [0.2, 0.25) is 0 Å². The highest BCUT2D eigenvalue weighted by atomic mass is 14.8. The third-order valence-corrected chi connectivity index (χ3v) is 4.35. The highest BCUT2D eigenvalue weighted by molar-refractivity contribution is 5.24. The van der Waals surface area contributed by atoms with Gasteiger partial charge < -0.3 is 5.73 Å². The maximum atomic E-state index is 6.43. The van der Waals surface area contributed by atoms with Gasteiger partial charge in [-0.25, -0.2) is 0 Å². The molecule has 0 amide bonds. The van der Waals surface area contributed by atoms with Crippen molar-refractivity contribution < 1.29 is 0 Å². The Hall–Kier alpha value is -0.300. The van der Waals surface area contributed by atoms with Crippen LogP contribution < -0.4 is 5.73 Å². The van der Waals surface area contributed by atoms with Crippen molar-refractivity contribution in [2.45, 2.75) is 57.9 Å². The third-order valence-electron chi connectivity index (χ3n) is 4.35. The molecule has 0 radical (unpaired) electrons. The lowest BCUT2D eigenvalue weighted by Gasteiger charge is -2.29. The summed E-state index contributed by atoms with van der Waals surface area (Å²) in [4.78, 5) is 0. The summed E-state index contributed by atoms with van der Waals surface area (Å²) < 4.78 is 0. The van der Waals surface area contributed by atoms with Gasteiger partial charge in [-0.3, -0.25) is 0 Å². The minimum Gasteiger partial charge on any atom is -0.327 e. The first kappa shape index (κ1) is 10.2. The average Bonchev–Trinajstić information content (AvgIpc) is 2.95. The van der Waals surface area contributed by atoms with Gasteiger partial charge in [-0.05, 0) is 44.4 Å². The van der Waals surface area contributed by atoms with Crippen molar-refractivity contribution in [2.75, 3.05) is 0 Å². The molecule has 1 nitrogen and oxygen atoms in total. The smallest absolute Gasteiger partial charge is 0.0161 e. The summed E-state index contributed by atoms with van der Waals surface area (Å²) in [6, 6.07) is 0.414. The Labute approximate surface area is 87.8 Å². The van der Waals surface area contributed by atoms with E-state index in [1.165, 1.54) is 50.5 Å². The summed E-state index contributed by atoms with van der Waals surface area (Å²) in [6.07, 6.45) is 9.10. The van der Waals surface area contributed by atoms with Crippen molar-refractivity contribution in [2.24, 2.45) is 17.1 Å². The number of hydrogen-bond acceptors (Lipinski definition) is 1. The van der Waals surface area contributed by atoms with Crippen LogP contribution in [0, 0.1) is 11.3 Å². The first-order valence-electron chi connectivity index (χ1n) is 6.14. The van der Waals surface area contributed by atoms with Crippen molar-refractivity contribution >= 4 is 0 Å². The molecule has 0 heterocycles. The van der Waals surface area contributed by atoms with Gasteiger partial charge in [0.15, 0.2) is 0 Å². The lowest BCUT2D eigenvalue weighted by atomic mass is 9.81. The van der Waals surface area contributed by atoms with Gasteiger partial charge in [-0.1, -0.05) is 25.5 Å². The molecule has 80 valence electrons. The summed E-state index contributed by atoms with van der Waals surface area (Å²) >= 11 is 0. The fourth-order valence-corrected chi connectivity index (χ4v) is 3.21. The van der Waals surface area contributed by atoms with Gasteiger partial charge in [0.25, 0.3) is 0 Å². The molecule has 14 heavy (non-hydrogen) atoms. The van der Waals surface area contributed by atoms with Crippen molar-refractivity contribution in [1.29, 1.82) is 0 Å². The van der Waals surface area contributed by atoms with E-state index in [1.54, 1.807) is 0 Å². The van der Waals surface area contributed by atoms with E-state index in [0.717, 1.165) is 5.92 Å². The van der Waals surface area contributed by atoms with E-state index in [2.05, 4.69) is 13.5 Å². The monoisotopic (exact) mass is 193 g/mol. The molecular weight excluding hydrogens is 170 g/mol. The van der Waals surface area contributed by atoms with Crippen molar-refractivity contribution in [3.05, 3.63) is 12.2 Å². The zero-order valence-electron chi connectivity index (χ0n) is 9.39. The van der Waals surface area contributed by atoms with Crippen molar-refractivity contribution in [1.82, 2.24) is 0 Å². The van der Waals surface area contributed by atoms with Gasteiger partial charge in [0.05, 0.1) is 0 Å². The zero-order valence-corrected chi connectivity index (χ0v) is 9.39. The van der Waals surface area contributed by atoms with Crippen LogP contribution in [0.25, 0.3) is 0 Å². The molecule has 2 rings (SSSR count). The Morgan fingerprint density at radius 1 is 1.50 bits per heavy atom. The molecule has 2 N–H and O–H groups in total. The minimum absolute atomic E-state index is 0.385. The molecule has 2 aliphatic rings. The molecule has 2 aliphatic carbocycles. The van der Waals surface area contributed by atoms with Crippen LogP contribution in [0.1, 0.15) is 51.9 Å². The first-order chi connectivity index (χ1) is 6.70. The summed E-state index contributed by atoms with van der Waals surface area (Å²) in [7, 11) is 0. The van der Waals surface area contributed by atoms with E-state index in [4.69, 9.17) is 5.73 Å². The van der Waals surface area contributed by atoms with Crippen LogP contribution in [-0.2, 0) is 0 Å². The fourth-order valence-electron chi connectivity index (χ4n) is 3.21. The lowest BCUT2D eigenvalue weighted by Crippen LogP contribution is -2.38. The number of hydrogen-bond donors (Lipinski definition) is 1. The Balaban J connectivity index is 2.11. The number of rotatable bonds is 2. The Morgan fingerprint density at radius 3 is 2.79 bits per heavy atom. The molecule has 1 spiro atoms. The summed E-state index contributed by atoms with van der Waals surface area (Å²) in [5.74, 6) is 0.766. The minimum atomic E-state index is 0.385. The molecule has 0 aromatic heterocycles. The highest BCUT2D eigenvalue weighted by Gasteiger charge is 2.52. The normalized spacial score (nSPS) is 35.7. The molecule has 1 heteroatoms. The fraction of sp³-hybridized carbons (Fsp3) is 0.846. The molecule has 0 bridgehead atoms. The predicted octanol–water partition coefficient (Wildman–Crippen LogP) is 3.25. The molecule has 2 atom stereocenters. The average molecular weight is 193 g/mol. The van der Waals surface area contributed by atoms with Gasteiger partial charge >= 0.3 is 0 Å². The standard InChI is InChI=1S/C13H23N/c1-3-5-11-7-4-6-10(2)13(8-9-13)12(11)14/h11-12H,2-9,14H2,1H3/t11?,12-/m1/s1. The SMILES string of the molecule is C=C1CCCC(CCC)[C@@H](N)C12CC2. The van der Waals surface area contributed by atoms with Crippen LogP contribution in [0.4, 0.5) is 0 Å². The van der Waals surface area contributed by atoms with E-state index in [1.807, 2.05) is 0 Å². The Morgan fingerprint density at radius 2 is 2.21 bits per heavy atom. The molecule has 0 aromatic rings. The lowest BCUT2D eigenvalue weighted by molar-refractivity contribution is 0.306. The third kappa shape index (κ3) is 1.52. The molecule has 0 aromatic carbocycles. The second kappa shape index (κ2) is 3.69. The van der Waals surface area contributed by atoms with Gasteiger partial charge in [0, 0.05) is 11.5 Å². The van der Waals surface area contributed by atoms with Gasteiger partial charge in [0.2, 0.25) is 0 Å². The highest BCUT2D eigenvalue weighted by Crippen LogP contribution is 2.58. The van der Waals surface area contributed by atoms with Gasteiger partial charge in [0.1, 0.15) is 0 Å².